The number of hydrogen-bond donors (Lipinski definition) is 6. The van der Waals surface area contributed by atoms with Crippen LogP contribution in [0.3, 0.4) is 0 Å². The van der Waals surface area contributed by atoms with Gasteiger partial charge in [0.05, 0.1) is 33.0 Å². The molecule has 0 aliphatic heterocycles. The Morgan fingerprint density at radius 1 is 0.833 bits per heavy atom. The number of rotatable bonds is 30. The maximum Gasteiger partial charge on any atom is 0.472 e. The Morgan fingerprint density at radius 3 is 1.90 bits per heavy atom. The van der Waals surface area contributed by atoms with Gasteiger partial charge in [-0.25, -0.2) is 4.57 Å². The van der Waals surface area contributed by atoms with Gasteiger partial charge in [-0.2, -0.15) is 0 Å². The van der Waals surface area contributed by atoms with Gasteiger partial charge in [-0.1, -0.05) is 90.4 Å². The molecule has 0 aromatic carbocycles. The molecule has 13 nitrogen and oxygen atoms in total. The summed E-state index contributed by atoms with van der Waals surface area (Å²) in [6.07, 6.45) is 15.3. The van der Waals surface area contributed by atoms with Crippen LogP contribution in [0.2, 0.25) is 0 Å². The van der Waals surface area contributed by atoms with Crippen LogP contribution in [0.25, 0.3) is 0 Å². The first-order chi connectivity index (χ1) is 20.1. The number of carbonyl (C=O) groups is 1. The van der Waals surface area contributed by atoms with Crippen LogP contribution in [-0.2, 0) is 27.9 Å². The van der Waals surface area contributed by atoms with Gasteiger partial charge in [-0.3, -0.25) is 18.8 Å². The number of phosphoric acid groups is 1. The van der Waals surface area contributed by atoms with Crippen molar-refractivity contribution < 1.29 is 43.0 Å². The van der Waals surface area contributed by atoms with E-state index >= 15 is 0 Å². The van der Waals surface area contributed by atoms with Gasteiger partial charge in [-0.15, -0.1) is 0 Å². The van der Waals surface area contributed by atoms with Crippen LogP contribution >= 0.6 is 7.82 Å². The van der Waals surface area contributed by atoms with E-state index in [4.69, 9.17) is 40.8 Å². The summed E-state index contributed by atoms with van der Waals surface area (Å²) >= 11 is 0. The maximum absolute atomic E-state index is 12.4. The third-order valence-electron chi connectivity index (χ3n) is 6.55. The van der Waals surface area contributed by atoms with Crippen LogP contribution in [0.5, 0.6) is 0 Å². The predicted molar refractivity (Wildman–Crippen MR) is 164 cm³/mol. The molecule has 0 aromatic heterocycles. The zero-order chi connectivity index (χ0) is 31.5. The van der Waals surface area contributed by atoms with Crippen molar-refractivity contribution in [2.24, 2.45) is 22.2 Å². The lowest BCUT2D eigenvalue weighted by Gasteiger charge is -2.22. The standard InChI is InChI=1S/C28H59N4O9P/c1-2-3-4-5-6-7-8-9-10-11-12-13-14-15-19-39-42(36,37)40-23-25(22-38-21-24(34)20-33)41-27(35)26(29)17-16-18-32-28(30)31/h24-26,33-34H,2-23,29H2,1H3,(H,36,37)(H4,30,31,32)/t24?,25?,26-/m0/s1. The van der Waals surface area contributed by atoms with Gasteiger partial charge in [0.2, 0.25) is 0 Å². The zero-order valence-corrected chi connectivity index (χ0v) is 26.6. The minimum atomic E-state index is -4.39. The summed E-state index contributed by atoms with van der Waals surface area (Å²) in [5.41, 5.74) is 16.4. The van der Waals surface area contributed by atoms with Crippen molar-refractivity contribution in [1.82, 2.24) is 0 Å². The van der Waals surface area contributed by atoms with Crippen LogP contribution < -0.4 is 17.2 Å². The number of phosphoric ester groups is 1. The second-order valence-corrected chi connectivity index (χ2v) is 12.1. The van der Waals surface area contributed by atoms with E-state index in [2.05, 4.69) is 11.9 Å². The molecule has 0 aromatic rings. The number of aliphatic hydroxyl groups excluding tert-OH is 2. The highest BCUT2D eigenvalue weighted by Gasteiger charge is 2.27. The second kappa shape index (κ2) is 27.3. The fourth-order valence-electron chi connectivity index (χ4n) is 4.08. The van der Waals surface area contributed by atoms with Gasteiger partial charge in [0.1, 0.15) is 18.2 Å². The molecule has 0 aliphatic carbocycles. The van der Waals surface area contributed by atoms with Gasteiger partial charge in [-0.05, 0) is 19.3 Å². The van der Waals surface area contributed by atoms with E-state index in [1.165, 1.54) is 64.2 Å². The lowest BCUT2D eigenvalue weighted by atomic mass is 10.0. The molecule has 14 heteroatoms. The molecule has 0 radical (unpaired) electrons. The van der Waals surface area contributed by atoms with E-state index in [0.717, 1.165) is 19.3 Å². The summed E-state index contributed by atoms with van der Waals surface area (Å²) in [7, 11) is -4.39. The summed E-state index contributed by atoms with van der Waals surface area (Å²) in [5, 5.41) is 18.4. The molecule has 0 saturated carbocycles. The molecule has 250 valence electrons. The van der Waals surface area contributed by atoms with E-state index < -0.39 is 45.3 Å². The Hall–Kier alpha value is -1.31. The predicted octanol–water partition coefficient (Wildman–Crippen LogP) is 3.26. The molecule has 42 heavy (non-hydrogen) atoms. The molecule has 0 bridgehead atoms. The summed E-state index contributed by atoms with van der Waals surface area (Å²) in [4.78, 5) is 26.3. The van der Waals surface area contributed by atoms with Crippen LogP contribution in [0.15, 0.2) is 4.99 Å². The number of esters is 1. The minimum Gasteiger partial charge on any atom is -0.456 e. The summed E-state index contributed by atoms with van der Waals surface area (Å²) in [5.74, 6) is -0.832. The quantitative estimate of drug-likeness (QED) is 0.0222. The monoisotopic (exact) mass is 626 g/mol. The van der Waals surface area contributed by atoms with Crippen molar-refractivity contribution in [1.29, 1.82) is 0 Å². The van der Waals surface area contributed by atoms with Crippen molar-refractivity contribution in [2.45, 2.75) is 128 Å². The van der Waals surface area contributed by atoms with Gasteiger partial charge >= 0.3 is 13.8 Å². The van der Waals surface area contributed by atoms with E-state index in [0.29, 0.717) is 19.4 Å². The number of nitrogens with zero attached hydrogens (tertiary/aromatic N) is 1. The number of nitrogens with two attached hydrogens (primary N) is 3. The molecule has 3 unspecified atom stereocenters. The van der Waals surface area contributed by atoms with E-state index in [1.54, 1.807) is 0 Å². The van der Waals surface area contributed by atoms with Gasteiger partial charge < -0.3 is 41.8 Å². The van der Waals surface area contributed by atoms with Gasteiger partial charge in [0, 0.05) is 6.54 Å². The number of aliphatic imine (C=N–C) groups is 1. The van der Waals surface area contributed by atoms with Crippen molar-refractivity contribution in [3.8, 4) is 0 Å². The maximum atomic E-state index is 12.4. The fraction of sp³-hybridized carbons (Fsp3) is 0.929. The number of hydrogen-bond acceptors (Lipinski definition) is 10. The number of guanidine groups is 1. The second-order valence-electron chi connectivity index (χ2n) is 10.7. The minimum absolute atomic E-state index is 0.0643. The summed E-state index contributed by atoms with van der Waals surface area (Å²) in [6, 6.07) is -0.984. The molecule has 4 atom stereocenters. The lowest BCUT2D eigenvalue weighted by Crippen LogP contribution is -2.38. The highest BCUT2D eigenvalue weighted by atomic mass is 31.2. The topological polar surface area (TPSA) is 222 Å². The number of aliphatic hydroxyl groups is 2. The highest BCUT2D eigenvalue weighted by Crippen LogP contribution is 2.43. The van der Waals surface area contributed by atoms with Gasteiger partial charge in [0.15, 0.2) is 5.96 Å². The fourth-order valence-corrected chi connectivity index (χ4v) is 4.87. The first-order valence-electron chi connectivity index (χ1n) is 15.6. The Balaban J connectivity index is 4.24. The van der Waals surface area contributed by atoms with Crippen molar-refractivity contribution >= 4 is 19.8 Å². The molecule has 0 aliphatic rings. The normalized spacial score (nSPS) is 15.1. The Bertz CT molecular complexity index is 729. The first-order valence-corrected chi connectivity index (χ1v) is 17.1. The average molecular weight is 627 g/mol. The van der Waals surface area contributed by atoms with Crippen molar-refractivity contribution in [3.05, 3.63) is 0 Å². The first kappa shape index (κ1) is 40.7. The molecule has 0 fully saturated rings. The Kier molecular flexibility index (Phi) is 26.4. The van der Waals surface area contributed by atoms with Crippen molar-refractivity contribution in [2.75, 3.05) is 39.6 Å². The molecule has 0 saturated heterocycles. The largest absolute Gasteiger partial charge is 0.472 e. The Labute approximate surface area is 252 Å². The molecular weight excluding hydrogens is 567 g/mol. The molecule has 0 spiro atoms. The lowest BCUT2D eigenvalue weighted by molar-refractivity contribution is -0.157. The molecule has 0 heterocycles. The third kappa shape index (κ3) is 26.3. The average Bonchev–Trinajstić information content (AvgIpc) is 2.95. The van der Waals surface area contributed by atoms with Crippen LogP contribution in [0.1, 0.15) is 110 Å². The van der Waals surface area contributed by atoms with Gasteiger partial charge in [0.25, 0.3) is 0 Å². The summed E-state index contributed by atoms with van der Waals surface area (Å²) in [6.45, 7) is 1.10. The summed E-state index contributed by atoms with van der Waals surface area (Å²) < 4.78 is 33.0. The van der Waals surface area contributed by atoms with Crippen LogP contribution in [0.4, 0.5) is 0 Å². The zero-order valence-electron chi connectivity index (χ0n) is 25.7. The smallest absolute Gasteiger partial charge is 0.456 e. The van der Waals surface area contributed by atoms with Crippen LogP contribution in [-0.4, -0.2) is 84.9 Å². The highest BCUT2D eigenvalue weighted by molar-refractivity contribution is 7.47. The van der Waals surface area contributed by atoms with E-state index in [1.807, 2.05) is 0 Å². The third-order valence-corrected chi connectivity index (χ3v) is 7.54. The molecule has 0 amide bonds. The number of ether oxygens (including phenoxy) is 2. The molecule has 0 rings (SSSR count). The number of unbranched alkanes of at least 4 members (excludes halogenated alkanes) is 13. The molecule has 9 N–H and O–H groups in total. The van der Waals surface area contributed by atoms with Crippen LogP contribution in [0, 0.1) is 0 Å². The molecular formula is C28H59N4O9P. The van der Waals surface area contributed by atoms with E-state index in [9.17, 15) is 19.4 Å². The Morgan fingerprint density at radius 2 is 1.38 bits per heavy atom. The SMILES string of the molecule is CCCCCCCCCCCCCCCCOP(=O)(O)OCC(COCC(O)CO)OC(=O)[C@@H](N)CCCN=C(N)N. The van der Waals surface area contributed by atoms with Crippen molar-refractivity contribution in [3.63, 3.8) is 0 Å². The number of carbonyl (C=O) groups excluding carboxylic acids is 1. The van der Waals surface area contributed by atoms with E-state index in [-0.39, 0.29) is 32.2 Å².